The van der Waals surface area contributed by atoms with Gasteiger partial charge in [-0.2, -0.15) is 0 Å². The van der Waals surface area contributed by atoms with Crippen molar-refractivity contribution in [3.63, 3.8) is 0 Å². The summed E-state index contributed by atoms with van der Waals surface area (Å²) in [6, 6.07) is 0. The zero-order valence-corrected chi connectivity index (χ0v) is 11.1. The summed E-state index contributed by atoms with van der Waals surface area (Å²) in [6.45, 7) is 2.47. The molecule has 2 bridgehead atoms. The number of thiazole rings is 1. The highest BCUT2D eigenvalue weighted by Gasteiger charge is 2.31. The Morgan fingerprint density at radius 3 is 2.67 bits per heavy atom. The van der Waals surface area contributed by atoms with Crippen LogP contribution < -0.4 is 4.90 Å². The lowest BCUT2D eigenvalue weighted by molar-refractivity contribution is 0.231. The van der Waals surface area contributed by atoms with E-state index in [1.54, 1.807) is 11.3 Å². The van der Waals surface area contributed by atoms with Crippen LogP contribution in [0.1, 0.15) is 25.7 Å². The lowest BCUT2D eigenvalue weighted by Gasteiger charge is -2.41. The summed E-state index contributed by atoms with van der Waals surface area (Å²) in [5.74, 6) is 1.86. The molecule has 0 radical (unpaired) electrons. The average Bonchev–Trinajstić information content (AvgIpc) is 2.64. The fraction of sp³-hybridized carbons (Fsp3) is 0.727. The predicted octanol–water partition coefficient (Wildman–Crippen LogP) is 3.53. The molecule has 3 rings (SSSR count). The maximum Gasteiger partial charge on any atom is 0.186 e. The van der Waals surface area contributed by atoms with Gasteiger partial charge in [0.25, 0.3) is 0 Å². The van der Waals surface area contributed by atoms with Crippen molar-refractivity contribution in [3.8, 4) is 0 Å². The second-order valence-corrected chi connectivity index (χ2v) is 6.41. The van der Waals surface area contributed by atoms with Crippen LogP contribution in [0.5, 0.6) is 0 Å². The lowest BCUT2D eigenvalue weighted by Crippen LogP contribution is -2.42. The number of aromatic nitrogens is 1. The minimum Gasteiger partial charge on any atom is -0.348 e. The number of hydrogen-bond donors (Lipinski definition) is 0. The van der Waals surface area contributed by atoms with Gasteiger partial charge in [0.15, 0.2) is 5.13 Å². The molecule has 2 aliphatic rings. The second-order valence-electron chi connectivity index (χ2n) is 4.76. The number of nitrogens with zero attached hydrogens (tertiary/aromatic N) is 2. The Labute approximate surface area is 103 Å². The average molecular weight is 287 g/mol. The molecule has 0 aromatic carbocycles. The van der Waals surface area contributed by atoms with E-state index in [1.807, 2.05) is 0 Å². The van der Waals surface area contributed by atoms with E-state index in [4.69, 9.17) is 0 Å². The molecule has 4 heteroatoms. The smallest absolute Gasteiger partial charge is 0.186 e. The number of piperidine rings is 1. The van der Waals surface area contributed by atoms with Crippen LogP contribution in [-0.2, 0) is 0 Å². The third kappa shape index (κ3) is 2.07. The summed E-state index contributed by atoms with van der Waals surface area (Å²) in [4.78, 5) is 7.02. The van der Waals surface area contributed by atoms with E-state index >= 15 is 0 Å². The van der Waals surface area contributed by atoms with Crippen LogP contribution in [-0.4, -0.2) is 18.1 Å². The Balaban J connectivity index is 1.77. The standard InChI is InChI=1S/C11H15BrN2S/c12-10-7-15-11(13-10)14-5-8-2-1-3-9(4-8)6-14/h7-9H,1-6H2. The third-order valence-electron chi connectivity index (χ3n) is 3.58. The van der Waals surface area contributed by atoms with Crippen LogP contribution in [0.4, 0.5) is 5.13 Å². The van der Waals surface area contributed by atoms with Crippen molar-refractivity contribution < 1.29 is 0 Å². The molecule has 1 aromatic rings. The Morgan fingerprint density at radius 1 is 1.33 bits per heavy atom. The molecule has 1 aliphatic heterocycles. The van der Waals surface area contributed by atoms with E-state index in [0.717, 1.165) is 16.4 Å². The first-order valence-corrected chi connectivity index (χ1v) is 7.34. The molecule has 1 saturated heterocycles. The minimum atomic E-state index is 0.931. The molecule has 2 atom stereocenters. The molecule has 2 nitrogen and oxygen atoms in total. The molecular weight excluding hydrogens is 272 g/mol. The van der Waals surface area contributed by atoms with Crippen LogP contribution in [0, 0.1) is 11.8 Å². The first-order chi connectivity index (χ1) is 7.31. The van der Waals surface area contributed by atoms with Gasteiger partial charge in [-0.25, -0.2) is 4.98 Å². The Bertz CT molecular complexity index is 340. The number of rotatable bonds is 1. The van der Waals surface area contributed by atoms with Crippen molar-refractivity contribution >= 4 is 32.4 Å². The molecule has 0 N–H and O–H groups in total. The van der Waals surface area contributed by atoms with E-state index in [0.29, 0.717) is 0 Å². The van der Waals surface area contributed by atoms with Crippen LogP contribution in [0.3, 0.4) is 0 Å². The summed E-state index contributed by atoms with van der Waals surface area (Å²) >= 11 is 5.20. The number of halogens is 1. The normalized spacial score (nSPS) is 30.6. The van der Waals surface area contributed by atoms with Gasteiger partial charge in [-0.15, -0.1) is 11.3 Å². The van der Waals surface area contributed by atoms with Gasteiger partial charge in [0.05, 0.1) is 0 Å². The molecule has 2 heterocycles. The van der Waals surface area contributed by atoms with E-state index in [1.165, 1.54) is 43.9 Å². The van der Waals surface area contributed by atoms with Crippen molar-refractivity contribution in [2.75, 3.05) is 18.0 Å². The summed E-state index contributed by atoms with van der Waals surface area (Å²) in [6.07, 6.45) is 5.77. The van der Waals surface area contributed by atoms with Crippen molar-refractivity contribution in [2.24, 2.45) is 11.8 Å². The van der Waals surface area contributed by atoms with Gasteiger partial charge in [0.2, 0.25) is 0 Å². The zero-order chi connectivity index (χ0) is 10.3. The third-order valence-corrected chi connectivity index (χ3v) is 5.19. The molecular formula is C11H15BrN2S. The topological polar surface area (TPSA) is 16.1 Å². The monoisotopic (exact) mass is 286 g/mol. The molecule has 0 amide bonds. The van der Waals surface area contributed by atoms with Gasteiger partial charge in [0.1, 0.15) is 4.60 Å². The zero-order valence-electron chi connectivity index (χ0n) is 8.66. The first kappa shape index (κ1) is 10.1. The van der Waals surface area contributed by atoms with Crippen molar-refractivity contribution in [1.82, 2.24) is 4.98 Å². The number of anilines is 1. The van der Waals surface area contributed by atoms with Gasteiger partial charge in [-0.3, -0.25) is 0 Å². The van der Waals surface area contributed by atoms with Gasteiger partial charge >= 0.3 is 0 Å². The molecule has 2 unspecified atom stereocenters. The maximum absolute atomic E-state index is 4.52. The largest absolute Gasteiger partial charge is 0.348 e. The molecule has 1 saturated carbocycles. The summed E-state index contributed by atoms with van der Waals surface area (Å²) < 4.78 is 0.984. The van der Waals surface area contributed by atoms with Gasteiger partial charge in [-0.1, -0.05) is 6.42 Å². The summed E-state index contributed by atoms with van der Waals surface area (Å²) in [5.41, 5.74) is 0. The molecule has 1 aromatic heterocycles. The molecule has 15 heavy (non-hydrogen) atoms. The van der Waals surface area contributed by atoms with Gasteiger partial charge in [-0.05, 0) is 47.0 Å². The van der Waals surface area contributed by atoms with Gasteiger partial charge < -0.3 is 4.90 Å². The van der Waals surface area contributed by atoms with Crippen molar-refractivity contribution in [3.05, 3.63) is 9.98 Å². The lowest BCUT2D eigenvalue weighted by atomic mass is 9.78. The predicted molar refractivity (Wildman–Crippen MR) is 67.5 cm³/mol. The Morgan fingerprint density at radius 2 is 2.07 bits per heavy atom. The highest BCUT2D eigenvalue weighted by Crippen LogP contribution is 2.37. The number of hydrogen-bond acceptors (Lipinski definition) is 3. The van der Waals surface area contributed by atoms with E-state index in [2.05, 4.69) is 31.2 Å². The quantitative estimate of drug-likeness (QED) is 0.785. The Hall–Kier alpha value is -0.0900. The highest BCUT2D eigenvalue weighted by atomic mass is 79.9. The van der Waals surface area contributed by atoms with Crippen LogP contribution >= 0.6 is 27.3 Å². The van der Waals surface area contributed by atoms with Crippen LogP contribution in [0.25, 0.3) is 0 Å². The maximum atomic E-state index is 4.52. The first-order valence-electron chi connectivity index (χ1n) is 5.67. The van der Waals surface area contributed by atoms with Gasteiger partial charge in [0, 0.05) is 18.5 Å². The van der Waals surface area contributed by atoms with E-state index in [9.17, 15) is 0 Å². The fourth-order valence-electron chi connectivity index (χ4n) is 2.98. The molecule has 82 valence electrons. The van der Waals surface area contributed by atoms with E-state index in [-0.39, 0.29) is 0 Å². The SMILES string of the molecule is Brc1csc(N2CC3CCCC(C3)C2)n1. The summed E-state index contributed by atoms with van der Waals surface area (Å²) in [5, 5.41) is 3.29. The Kier molecular flexibility index (Phi) is 2.73. The van der Waals surface area contributed by atoms with Crippen molar-refractivity contribution in [1.29, 1.82) is 0 Å². The summed E-state index contributed by atoms with van der Waals surface area (Å²) in [7, 11) is 0. The minimum absolute atomic E-state index is 0.931. The van der Waals surface area contributed by atoms with Crippen molar-refractivity contribution in [2.45, 2.75) is 25.7 Å². The van der Waals surface area contributed by atoms with Crippen LogP contribution in [0.2, 0.25) is 0 Å². The molecule has 0 spiro atoms. The van der Waals surface area contributed by atoms with Crippen LogP contribution in [0.15, 0.2) is 9.98 Å². The highest BCUT2D eigenvalue weighted by molar-refractivity contribution is 9.10. The molecule has 2 fully saturated rings. The van der Waals surface area contributed by atoms with E-state index < -0.39 is 0 Å². The number of fused-ring (bicyclic) bond motifs is 2. The fourth-order valence-corrected chi connectivity index (χ4v) is 4.25. The second kappa shape index (κ2) is 4.06. The molecule has 1 aliphatic carbocycles.